The van der Waals surface area contributed by atoms with Gasteiger partial charge in [-0.1, -0.05) is 183 Å². The van der Waals surface area contributed by atoms with Gasteiger partial charge in [-0.15, -0.1) is 0 Å². The summed E-state index contributed by atoms with van der Waals surface area (Å²) in [4.78, 5) is 99.6. The van der Waals surface area contributed by atoms with Gasteiger partial charge in [0, 0.05) is 66.2 Å². The van der Waals surface area contributed by atoms with Crippen LogP contribution in [-0.4, -0.2) is 154 Å². The molecule has 5 aromatic carbocycles. The molecule has 0 bridgehead atoms. The maximum absolute atomic E-state index is 13.7. The van der Waals surface area contributed by atoms with Crippen molar-refractivity contribution in [1.29, 1.82) is 0 Å². The number of esters is 1. The number of phenolic OH excluding ortho intramolecular Hbond substituents is 1. The first-order valence-corrected chi connectivity index (χ1v) is 32.5. The number of amides is 6. The Labute approximate surface area is 578 Å². The lowest BCUT2D eigenvalue weighted by molar-refractivity contribution is -0.145. The highest BCUT2D eigenvalue weighted by Crippen LogP contribution is 2.32. The Kier molecular flexibility index (Phi) is 27.1. The largest absolute Gasteiger partial charge is 0.508 e. The quantitative estimate of drug-likeness (QED) is 0.0139. The second-order valence-electron chi connectivity index (χ2n) is 27.1. The number of nitrogens with zero attached hydrogens (tertiary/aromatic N) is 4. The van der Waals surface area contributed by atoms with Crippen LogP contribution in [0.15, 0.2) is 176 Å². The predicted molar refractivity (Wildman–Crippen MR) is 372 cm³/mol. The van der Waals surface area contributed by atoms with Crippen LogP contribution in [0.1, 0.15) is 93.6 Å². The number of phenols is 1. The minimum Gasteiger partial charge on any atom is -0.508 e. The number of hydrogen-bond acceptors (Lipinski definition) is 18. The fourth-order valence-electron chi connectivity index (χ4n) is 10.9. The standard InChI is InChI=1S/C38H45N5O6.C37H47N5O8/c1-25-29(14-11-16-32(25)44)35(46)40-31(22-26-12-7-6-8-13-26)33(45)24-43(42-36(47)34(38(2,3)4)41-37(48)49-5)23-27-17-19-28(20-18-27)30-15-9-10-21-39-30;1-36(2,3)30(40-34(46)48-6)32(44)41-42(21-25-15-17-26(18-16-25)27-14-10-11-19-38-27)22-29(43)28(20-24-12-8-7-9-13-24)39-35(47)50-31-33(45)49-23-37(31,4)5/h6-21,31,33-34,44-45H,22-24H2,1-5H3,(H,40,46)(H,41,48)(H,42,47);7-19,28-31,43H,20-23H2,1-6H3,(H,39,47)(H,40,46)(H,41,44)/t31-,33-,34?;28-,29-,30?,31-/m00/s1. The number of aromatic hydroxyl groups is 1. The zero-order valence-electron chi connectivity index (χ0n) is 57.9. The van der Waals surface area contributed by atoms with E-state index in [2.05, 4.69) is 42.1 Å². The third kappa shape index (κ3) is 22.9. The fraction of sp³-hybridized carbons (Fsp3) is 0.373. The molecule has 24 nitrogen and oxygen atoms in total. The number of aliphatic hydroxyl groups is 2. The first-order chi connectivity index (χ1) is 47.0. The lowest BCUT2D eigenvalue weighted by Gasteiger charge is -2.34. The summed E-state index contributed by atoms with van der Waals surface area (Å²) in [5, 5.41) is 47.7. The number of alkyl carbamates (subject to hydrolysis) is 3. The molecule has 0 radical (unpaired) electrons. The van der Waals surface area contributed by atoms with Gasteiger partial charge in [0.2, 0.25) is 6.10 Å². The first kappa shape index (κ1) is 76.1. The highest BCUT2D eigenvalue weighted by molar-refractivity contribution is 5.96. The van der Waals surface area contributed by atoms with E-state index in [1.807, 2.05) is 166 Å². The van der Waals surface area contributed by atoms with Crippen LogP contribution in [-0.2, 0) is 59.3 Å². The van der Waals surface area contributed by atoms with E-state index in [1.54, 1.807) is 71.1 Å². The number of hydrogen-bond donors (Lipinski definition) is 9. The molecule has 8 rings (SSSR count). The number of pyridine rings is 2. The highest BCUT2D eigenvalue weighted by atomic mass is 16.6. The summed E-state index contributed by atoms with van der Waals surface area (Å²) >= 11 is 0. The number of hydrazine groups is 2. The first-order valence-electron chi connectivity index (χ1n) is 32.5. The van der Waals surface area contributed by atoms with E-state index in [0.717, 1.165) is 44.8 Å². The molecule has 2 aromatic heterocycles. The van der Waals surface area contributed by atoms with Gasteiger partial charge in [0.15, 0.2) is 0 Å². The molecule has 6 amide bonds. The Balaban J connectivity index is 0.000000278. The van der Waals surface area contributed by atoms with Crippen molar-refractivity contribution in [2.24, 2.45) is 16.2 Å². The van der Waals surface area contributed by atoms with Crippen molar-refractivity contribution in [2.45, 2.75) is 131 Å². The van der Waals surface area contributed by atoms with Crippen molar-refractivity contribution in [2.75, 3.05) is 33.9 Å². The van der Waals surface area contributed by atoms with Crippen molar-refractivity contribution in [3.05, 3.63) is 210 Å². The Hall–Kier alpha value is -10.3. The van der Waals surface area contributed by atoms with Gasteiger partial charge < -0.3 is 55.5 Å². The number of benzene rings is 5. The Morgan fingerprint density at radius 2 is 0.980 bits per heavy atom. The number of aromatic nitrogens is 2. The third-order valence-corrected chi connectivity index (χ3v) is 16.5. The zero-order chi connectivity index (χ0) is 72.0. The summed E-state index contributed by atoms with van der Waals surface area (Å²) in [6.45, 7) is 16.3. The smallest absolute Gasteiger partial charge is 0.408 e. The van der Waals surface area contributed by atoms with Gasteiger partial charge >= 0.3 is 24.2 Å². The van der Waals surface area contributed by atoms with E-state index < -0.39 is 101 Å². The van der Waals surface area contributed by atoms with Gasteiger partial charge in [0.25, 0.3) is 17.7 Å². The van der Waals surface area contributed by atoms with Gasteiger partial charge in [0.05, 0.1) is 49.9 Å². The number of carbonyl (C=O) groups is 7. The fourth-order valence-corrected chi connectivity index (χ4v) is 10.9. The molecule has 1 aliphatic rings. The Morgan fingerprint density at radius 1 is 0.556 bits per heavy atom. The third-order valence-electron chi connectivity index (χ3n) is 16.5. The van der Waals surface area contributed by atoms with Crippen LogP contribution in [0.2, 0.25) is 0 Å². The molecule has 2 unspecified atom stereocenters. The van der Waals surface area contributed by atoms with Crippen molar-refractivity contribution in [3.63, 3.8) is 0 Å². The average molecular weight is 1360 g/mol. The molecule has 1 saturated heterocycles. The molecule has 1 fully saturated rings. The Morgan fingerprint density at radius 3 is 1.36 bits per heavy atom. The monoisotopic (exact) mass is 1360 g/mol. The van der Waals surface area contributed by atoms with E-state index in [1.165, 1.54) is 25.3 Å². The lowest BCUT2D eigenvalue weighted by atomic mass is 9.86. The molecule has 99 heavy (non-hydrogen) atoms. The second kappa shape index (κ2) is 35.3. The van der Waals surface area contributed by atoms with Crippen molar-refractivity contribution in [3.8, 4) is 28.3 Å². The van der Waals surface area contributed by atoms with Gasteiger partial charge in [0.1, 0.15) is 24.4 Å². The predicted octanol–water partition coefficient (Wildman–Crippen LogP) is 8.77. The van der Waals surface area contributed by atoms with Crippen LogP contribution in [0.3, 0.4) is 0 Å². The van der Waals surface area contributed by atoms with Gasteiger partial charge in [-0.25, -0.2) is 29.2 Å². The van der Waals surface area contributed by atoms with Crippen LogP contribution < -0.4 is 32.1 Å². The summed E-state index contributed by atoms with van der Waals surface area (Å²) < 4.78 is 20.1. The molecule has 7 aromatic rings. The van der Waals surface area contributed by atoms with E-state index in [9.17, 15) is 48.9 Å². The van der Waals surface area contributed by atoms with Crippen LogP contribution in [0, 0.1) is 23.2 Å². The number of methoxy groups -OCH3 is 2. The number of aliphatic hydroxyl groups excluding tert-OH is 2. The minimum absolute atomic E-state index is 0.00951. The molecule has 3 heterocycles. The number of nitrogens with one attached hydrogen (secondary N) is 6. The highest BCUT2D eigenvalue weighted by Gasteiger charge is 2.47. The normalized spacial score (nSPS) is 15.2. The average Bonchev–Trinajstić information content (AvgIpc) is 1.75. The van der Waals surface area contributed by atoms with E-state index in [-0.39, 0.29) is 50.5 Å². The molecular weight excluding hydrogens is 1260 g/mol. The molecule has 9 N–H and O–H groups in total. The summed E-state index contributed by atoms with van der Waals surface area (Å²) in [5.74, 6) is -2.14. The summed E-state index contributed by atoms with van der Waals surface area (Å²) in [7, 11) is 2.44. The number of carbonyl (C=O) groups excluding carboxylic acids is 7. The van der Waals surface area contributed by atoms with E-state index >= 15 is 0 Å². The summed E-state index contributed by atoms with van der Waals surface area (Å²) in [6.07, 6.45) is -2.00. The van der Waals surface area contributed by atoms with Crippen molar-refractivity contribution in [1.82, 2.24) is 52.1 Å². The molecule has 0 spiro atoms. The van der Waals surface area contributed by atoms with Gasteiger partial charge in [-0.3, -0.25) is 35.2 Å². The van der Waals surface area contributed by atoms with Crippen LogP contribution >= 0.6 is 0 Å². The van der Waals surface area contributed by atoms with Crippen LogP contribution in [0.4, 0.5) is 14.4 Å². The van der Waals surface area contributed by atoms with Crippen LogP contribution in [0.5, 0.6) is 5.75 Å². The van der Waals surface area contributed by atoms with Crippen molar-refractivity contribution < 1.29 is 67.8 Å². The minimum atomic E-state index is -1.25. The van der Waals surface area contributed by atoms with Gasteiger partial charge in [-0.2, -0.15) is 0 Å². The summed E-state index contributed by atoms with van der Waals surface area (Å²) in [6, 6.07) is 46.4. The number of ether oxygens (including phenoxy) is 4. The van der Waals surface area contributed by atoms with Crippen molar-refractivity contribution >= 4 is 42.0 Å². The molecule has 1 aliphatic heterocycles. The zero-order valence-corrected chi connectivity index (χ0v) is 57.9. The molecule has 0 saturated carbocycles. The molecule has 24 heteroatoms. The number of cyclic esters (lactones) is 1. The topological polar surface area (TPSA) is 322 Å². The van der Waals surface area contributed by atoms with E-state index in [4.69, 9.17) is 18.9 Å². The maximum atomic E-state index is 13.7. The molecule has 526 valence electrons. The maximum Gasteiger partial charge on any atom is 0.408 e. The molecular formula is C75H92N10O14. The summed E-state index contributed by atoms with van der Waals surface area (Å²) in [5.41, 5.74) is 11.2. The lowest BCUT2D eigenvalue weighted by Crippen LogP contribution is -2.59. The molecule has 7 atom stereocenters. The Bertz CT molecular complexity index is 3780. The number of rotatable bonds is 26. The van der Waals surface area contributed by atoms with E-state index in [0.29, 0.717) is 12.0 Å². The molecule has 0 aliphatic carbocycles. The van der Waals surface area contributed by atoms with Crippen LogP contribution in [0.25, 0.3) is 22.5 Å². The SMILES string of the molecule is COC(=O)NC(C(=O)NN(Cc1ccc(-c2ccccn2)cc1)C[C@H](O)[C@H](Cc1ccccc1)NC(=O)O[C@H]1C(=O)OCC1(C)C)C(C)(C)C.COC(=O)NC(C(=O)NN(Cc1ccc(-c2ccccn2)cc1)C[C@H](O)[C@H](Cc1ccccc1)NC(=O)c1cccc(O)c1C)C(C)(C)C. The van der Waals surface area contributed by atoms with Gasteiger partial charge in [-0.05, 0) is 89.2 Å². The second-order valence-corrected chi connectivity index (χ2v) is 27.1.